The molecule has 1 fully saturated rings. The first-order valence-electron chi connectivity index (χ1n) is 9.58. The Hall–Kier alpha value is -2.78. The van der Waals surface area contributed by atoms with Gasteiger partial charge in [-0.05, 0) is 63.3 Å². The van der Waals surface area contributed by atoms with Gasteiger partial charge in [0.05, 0.1) is 19.8 Å². The highest BCUT2D eigenvalue weighted by molar-refractivity contribution is 7.80. The Bertz CT molecular complexity index is 846. The number of rotatable bonds is 4. The number of aryl methyl sites for hydroxylation is 2. The number of anilines is 2. The summed E-state index contributed by atoms with van der Waals surface area (Å²) in [5.74, 6) is 1.91. The lowest BCUT2D eigenvalue weighted by Crippen LogP contribution is -2.45. The Balaban J connectivity index is 1.76. The SMILES string of the molecule is CCOc1ccc(NC(=S)/N=C(/Nc2nc(C)cc(C)n2)N2CCOCC2)cc1. The summed E-state index contributed by atoms with van der Waals surface area (Å²) in [6, 6.07) is 9.52. The monoisotopic (exact) mass is 414 g/mol. The second kappa shape index (κ2) is 10.1. The van der Waals surface area contributed by atoms with Gasteiger partial charge in [0.2, 0.25) is 17.0 Å². The van der Waals surface area contributed by atoms with Gasteiger partial charge in [0.15, 0.2) is 0 Å². The van der Waals surface area contributed by atoms with Crippen molar-refractivity contribution in [3.05, 3.63) is 41.7 Å². The fourth-order valence-electron chi connectivity index (χ4n) is 2.88. The van der Waals surface area contributed by atoms with E-state index in [4.69, 9.17) is 21.7 Å². The molecule has 0 radical (unpaired) electrons. The third-order valence-corrected chi connectivity index (χ3v) is 4.33. The van der Waals surface area contributed by atoms with Crippen LogP contribution in [0.5, 0.6) is 5.75 Å². The number of morpholine rings is 1. The quantitative estimate of drug-likeness (QED) is 0.449. The average molecular weight is 415 g/mol. The van der Waals surface area contributed by atoms with E-state index in [1.54, 1.807) is 0 Å². The molecular formula is C20H26N6O2S. The van der Waals surface area contributed by atoms with Gasteiger partial charge in [-0.25, -0.2) is 9.97 Å². The molecule has 29 heavy (non-hydrogen) atoms. The molecule has 0 saturated carbocycles. The molecule has 1 aliphatic rings. The predicted octanol–water partition coefficient (Wildman–Crippen LogP) is 2.99. The molecule has 9 heteroatoms. The van der Waals surface area contributed by atoms with Gasteiger partial charge >= 0.3 is 0 Å². The predicted molar refractivity (Wildman–Crippen MR) is 119 cm³/mol. The number of hydrogen-bond donors (Lipinski definition) is 2. The molecule has 2 heterocycles. The zero-order valence-corrected chi connectivity index (χ0v) is 17.8. The number of guanidine groups is 1. The van der Waals surface area contributed by atoms with Gasteiger partial charge in [-0.2, -0.15) is 4.99 Å². The molecule has 0 unspecified atom stereocenters. The number of benzene rings is 1. The molecule has 0 spiro atoms. The highest BCUT2D eigenvalue weighted by Crippen LogP contribution is 2.16. The summed E-state index contributed by atoms with van der Waals surface area (Å²) in [6.45, 7) is 9.14. The van der Waals surface area contributed by atoms with Crippen LogP contribution in [-0.4, -0.2) is 58.9 Å². The summed E-state index contributed by atoms with van der Waals surface area (Å²) in [7, 11) is 0. The number of nitrogens with zero attached hydrogens (tertiary/aromatic N) is 4. The van der Waals surface area contributed by atoms with Crippen LogP contribution in [0.25, 0.3) is 0 Å². The zero-order chi connectivity index (χ0) is 20.6. The zero-order valence-electron chi connectivity index (χ0n) is 16.9. The van der Waals surface area contributed by atoms with Crippen molar-refractivity contribution in [3.8, 4) is 5.75 Å². The van der Waals surface area contributed by atoms with Crippen molar-refractivity contribution >= 4 is 34.9 Å². The lowest BCUT2D eigenvalue weighted by Gasteiger charge is -2.29. The standard InChI is InChI=1S/C20H26N6O2S/c1-4-28-17-7-5-16(6-8-17)23-20(29)25-19(26-9-11-27-12-10-26)24-18-21-14(2)13-15(3)22-18/h5-8,13H,4,9-12H2,1-3H3,(H2,21,22,23,24,25,29). The van der Waals surface area contributed by atoms with Crippen LogP contribution in [0.3, 0.4) is 0 Å². The average Bonchev–Trinajstić information content (AvgIpc) is 2.69. The molecule has 1 saturated heterocycles. The smallest absolute Gasteiger partial charge is 0.229 e. The Morgan fingerprint density at radius 2 is 1.79 bits per heavy atom. The van der Waals surface area contributed by atoms with Gasteiger partial charge in [0.25, 0.3) is 0 Å². The minimum Gasteiger partial charge on any atom is -0.494 e. The molecule has 0 aliphatic carbocycles. The topological polar surface area (TPSA) is 83.9 Å². The van der Waals surface area contributed by atoms with Crippen LogP contribution in [-0.2, 0) is 4.74 Å². The van der Waals surface area contributed by atoms with E-state index in [1.165, 1.54) is 0 Å². The Morgan fingerprint density at radius 3 is 2.41 bits per heavy atom. The lowest BCUT2D eigenvalue weighted by molar-refractivity contribution is 0.0680. The fourth-order valence-corrected chi connectivity index (χ4v) is 3.09. The maximum atomic E-state index is 5.46. The van der Waals surface area contributed by atoms with Crippen LogP contribution in [0.1, 0.15) is 18.3 Å². The van der Waals surface area contributed by atoms with Crippen molar-refractivity contribution in [2.75, 3.05) is 43.5 Å². The Labute approximate surface area is 176 Å². The number of thiocarbonyl (C=S) groups is 1. The first kappa shape index (κ1) is 20.9. The molecule has 3 rings (SSSR count). The maximum Gasteiger partial charge on any atom is 0.229 e. The number of nitrogens with one attached hydrogen (secondary N) is 2. The van der Waals surface area contributed by atoms with E-state index < -0.39 is 0 Å². The number of hydrogen-bond acceptors (Lipinski definition) is 5. The molecule has 0 bridgehead atoms. The van der Waals surface area contributed by atoms with Crippen LogP contribution >= 0.6 is 12.2 Å². The second-order valence-corrected chi connectivity index (χ2v) is 6.91. The van der Waals surface area contributed by atoms with Crippen molar-refractivity contribution in [2.24, 2.45) is 4.99 Å². The van der Waals surface area contributed by atoms with Gasteiger partial charge < -0.3 is 19.7 Å². The van der Waals surface area contributed by atoms with E-state index in [1.807, 2.05) is 51.1 Å². The molecule has 8 nitrogen and oxygen atoms in total. The first-order chi connectivity index (χ1) is 14.0. The van der Waals surface area contributed by atoms with Crippen LogP contribution in [0.15, 0.2) is 35.3 Å². The van der Waals surface area contributed by atoms with Crippen LogP contribution < -0.4 is 15.4 Å². The number of ether oxygens (including phenoxy) is 2. The summed E-state index contributed by atoms with van der Waals surface area (Å²) in [5.41, 5.74) is 2.61. The second-order valence-electron chi connectivity index (χ2n) is 6.52. The molecular weight excluding hydrogens is 388 g/mol. The van der Waals surface area contributed by atoms with Crippen molar-refractivity contribution in [1.29, 1.82) is 0 Å². The fraction of sp³-hybridized carbons (Fsp3) is 0.400. The highest BCUT2D eigenvalue weighted by atomic mass is 32.1. The Kier molecular flexibility index (Phi) is 7.31. The molecule has 1 aromatic heterocycles. The van der Waals surface area contributed by atoms with E-state index >= 15 is 0 Å². The maximum absolute atomic E-state index is 5.46. The van der Waals surface area contributed by atoms with E-state index in [9.17, 15) is 0 Å². The number of aliphatic imine (C=N–C) groups is 1. The normalized spacial score (nSPS) is 14.4. The minimum absolute atomic E-state index is 0.340. The van der Waals surface area contributed by atoms with Gasteiger partial charge in [-0.1, -0.05) is 0 Å². The molecule has 2 N–H and O–H groups in total. The van der Waals surface area contributed by atoms with Crippen LogP contribution in [0.2, 0.25) is 0 Å². The first-order valence-corrected chi connectivity index (χ1v) is 9.99. The van der Waals surface area contributed by atoms with Gasteiger partial charge in [-0.15, -0.1) is 0 Å². The van der Waals surface area contributed by atoms with Gasteiger partial charge in [-0.3, -0.25) is 5.32 Å². The molecule has 0 atom stereocenters. The van der Waals surface area contributed by atoms with Crippen molar-refractivity contribution in [2.45, 2.75) is 20.8 Å². The largest absolute Gasteiger partial charge is 0.494 e. The van der Waals surface area contributed by atoms with Crippen LogP contribution in [0, 0.1) is 13.8 Å². The van der Waals surface area contributed by atoms with Crippen molar-refractivity contribution in [1.82, 2.24) is 14.9 Å². The van der Waals surface area contributed by atoms with Gasteiger partial charge in [0, 0.05) is 30.2 Å². The van der Waals surface area contributed by atoms with E-state index in [2.05, 4.69) is 30.5 Å². The van der Waals surface area contributed by atoms with Crippen molar-refractivity contribution < 1.29 is 9.47 Å². The summed E-state index contributed by atoms with van der Waals surface area (Å²) >= 11 is 5.46. The number of aromatic nitrogens is 2. The van der Waals surface area contributed by atoms with E-state index in [-0.39, 0.29) is 0 Å². The molecule has 1 aliphatic heterocycles. The summed E-state index contributed by atoms with van der Waals surface area (Å²) in [4.78, 5) is 15.6. The van der Waals surface area contributed by atoms with Gasteiger partial charge in [0.1, 0.15) is 5.75 Å². The van der Waals surface area contributed by atoms with Crippen molar-refractivity contribution in [3.63, 3.8) is 0 Å². The van der Waals surface area contributed by atoms with E-state index in [0.717, 1.165) is 22.8 Å². The lowest BCUT2D eigenvalue weighted by atomic mass is 10.3. The summed E-state index contributed by atoms with van der Waals surface area (Å²) in [5, 5.41) is 6.70. The highest BCUT2D eigenvalue weighted by Gasteiger charge is 2.17. The molecule has 0 amide bonds. The minimum atomic E-state index is 0.340. The van der Waals surface area contributed by atoms with Crippen LogP contribution in [0.4, 0.5) is 11.6 Å². The molecule has 1 aromatic carbocycles. The van der Waals surface area contributed by atoms with E-state index in [0.29, 0.717) is 49.9 Å². The Morgan fingerprint density at radius 1 is 1.14 bits per heavy atom. The third kappa shape index (κ3) is 6.37. The summed E-state index contributed by atoms with van der Waals surface area (Å²) in [6.07, 6.45) is 0. The molecule has 154 valence electrons. The third-order valence-electron chi connectivity index (χ3n) is 4.14. The molecule has 2 aromatic rings. The summed E-state index contributed by atoms with van der Waals surface area (Å²) < 4.78 is 10.9.